The zero-order chi connectivity index (χ0) is 27.8. The maximum Gasteiger partial charge on any atom is 0.261 e. The van der Waals surface area contributed by atoms with Crippen LogP contribution in [0.2, 0.25) is 0 Å². The number of nitrogens with one attached hydrogen (secondary N) is 1. The molecule has 5 aromatic rings. The summed E-state index contributed by atoms with van der Waals surface area (Å²) in [4.78, 5) is 35.4. The average molecular weight is 539 g/mol. The van der Waals surface area contributed by atoms with E-state index in [0.29, 0.717) is 35.8 Å². The Morgan fingerprint density at radius 1 is 0.975 bits per heavy atom. The van der Waals surface area contributed by atoms with Crippen molar-refractivity contribution in [3.8, 4) is 22.3 Å². The highest BCUT2D eigenvalue weighted by atomic mass is 19.1. The molecule has 4 heterocycles. The Morgan fingerprint density at radius 3 is 2.38 bits per heavy atom. The first kappa shape index (κ1) is 25.4. The lowest BCUT2D eigenvalue weighted by atomic mass is 10.0. The van der Waals surface area contributed by atoms with Crippen LogP contribution in [0.4, 0.5) is 15.9 Å². The molecule has 0 spiro atoms. The van der Waals surface area contributed by atoms with Crippen LogP contribution in [-0.4, -0.2) is 38.2 Å². The fourth-order valence-corrected chi connectivity index (χ4v) is 5.17. The van der Waals surface area contributed by atoms with E-state index in [1.165, 1.54) is 18.5 Å². The quantitative estimate of drug-likeness (QED) is 0.332. The van der Waals surface area contributed by atoms with Crippen LogP contribution >= 0.6 is 0 Å². The molecule has 0 unspecified atom stereocenters. The molecule has 0 atom stereocenters. The maximum atomic E-state index is 13.6. The van der Waals surface area contributed by atoms with Crippen molar-refractivity contribution in [3.63, 3.8) is 0 Å². The van der Waals surface area contributed by atoms with Crippen molar-refractivity contribution in [1.82, 2.24) is 19.1 Å². The number of hydrogen-bond donors (Lipinski definition) is 2. The number of halogens is 1. The molecule has 2 aromatic carbocycles. The number of hydrogen-bond acceptors (Lipinski definition) is 6. The molecule has 0 radical (unpaired) electrons. The van der Waals surface area contributed by atoms with Crippen LogP contribution < -0.4 is 16.5 Å². The zero-order valence-corrected chi connectivity index (χ0v) is 21.8. The lowest BCUT2D eigenvalue weighted by Gasteiger charge is -2.26. The molecule has 1 amide bonds. The number of rotatable bonds is 5. The van der Waals surface area contributed by atoms with Crippen molar-refractivity contribution >= 4 is 28.4 Å². The van der Waals surface area contributed by atoms with E-state index < -0.39 is 17.2 Å². The molecule has 0 aliphatic carbocycles. The van der Waals surface area contributed by atoms with Crippen LogP contribution in [0.1, 0.15) is 29.2 Å². The lowest BCUT2D eigenvalue weighted by Crippen LogP contribution is -2.27. The van der Waals surface area contributed by atoms with Crippen molar-refractivity contribution in [2.24, 2.45) is 7.05 Å². The summed E-state index contributed by atoms with van der Waals surface area (Å²) in [5.41, 5.74) is 9.61. The number of carbonyl (C=O) groups is 1. The predicted molar refractivity (Wildman–Crippen MR) is 151 cm³/mol. The number of carbonyl (C=O) groups excluding carboxylic acids is 1. The highest BCUT2D eigenvalue weighted by Crippen LogP contribution is 2.32. The second-order valence-electron chi connectivity index (χ2n) is 9.85. The number of nitrogens with zero attached hydrogens (tertiary/aromatic N) is 4. The Morgan fingerprint density at radius 2 is 1.65 bits per heavy atom. The van der Waals surface area contributed by atoms with Crippen molar-refractivity contribution in [1.29, 1.82) is 0 Å². The fraction of sp³-hybridized carbons (Fsp3) is 0.200. The molecule has 3 aromatic heterocycles. The number of amides is 1. The maximum absolute atomic E-state index is 13.6. The molecule has 202 valence electrons. The second-order valence-corrected chi connectivity index (χ2v) is 9.85. The number of ether oxygens (including phenoxy) is 1. The van der Waals surface area contributed by atoms with Gasteiger partial charge in [-0.2, -0.15) is 0 Å². The number of aryl methyl sites for hydroxylation is 1. The Hall–Kier alpha value is -4.83. The summed E-state index contributed by atoms with van der Waals surface area (Å²) in [6.45, 7) is 1.20. The largest absolute Gasteiger partial charge is 0.383 e. The topological polar surface area (TPSA) is 117 Å². The van der Waals surface area contributed by atoms with Crippen molar-refractivity contribution in [2.75, 3.05) is 24.3 Å². The SMILES string of the molecule is Cn1cc(-c2ccc(NC(=O)c3cn(C4CCOCC4)cc(-c4ccc(F)cc4)c3=O)cc2)c2c(N)ncnc21. The molecule has 10 heteroatoms. The van der Waals surface area contributed by atoms with Crippen molar-refractivity contribution < 1.29 is 13.9 Å². The van der Waals surface area contributed by atoms with Gasteiger partial charge in [0.1, 0.15) is 29.2 Å². The smallest absolute Gasteiger partial charge is 0.261 e. The van der Waals surface area contributed by atoms with Crippen LogP contribution in [0.15, 0.2) is 78.2 Å². The molecule has 1 fully saturated rings. The van der Waals surface area contributed by atoms with E-state index in [1.54, 1.807) is 36.7 Å². The first-order valence-corrected chi connectivity index (χ1v) is 13.0. The van der Waals surface area contributed by atoms with Crippen LogP contribution in [-0.2, 0) is 11.8 Å². The molecule has 0 bridgehead atoms. The van der Waals surface area contributed by atoms with E-state index in [4.69, 9.17) is 10.5 Å². The molecule has 3 N–H and O–H groups in total. The number of aromatic nitrogens is 4. The Balaban J connectivity index is 1.33. The monoisotopic (exact) mass is 538 g/mol. The third kappa shape index (κ3) is 4.73. The van der Waals surface area contributed by atoms with Gasteiger partial charge in [0.15, 0.2) is 0 Å². The molecule has 1 aliphatic rings. The highest BCUT2D eigenvalue weighted by Gasteiger charge is 2.21. The van der Waals surface area contributed by atoms with Crippen LogP contribution in [0.5, 0.6) is 0 Å². The van der Waals surface area contributed by atoms with Gasteiger partial charge < -0.3 is 24.9 Å². The summed E-state index contributed by atoms with van der Waals surface area (Å²) in [7, 11) is 1.89. The van der Waals surface area contributed by atoms with Gasteiger partial charge in [0.25, 0.3) is 5.91 Å². The third-order valence-electron chi connectivity index (χ3n) is 7.29. The third-order valence-corrected chi connectivity index (χ3v) is 7.29. The van der Waals surface area contributed by atoms with E-state index >= 15 is 0 Å². The Labute approximate surface area is 229 Å². The van der Waals surface area contributed by atoms with Gasteiger partial charge >= 0.3 is 0 Å². The van der Waals surface area contributed by atoms with Gasteiger partial charge in [0, 0.05) is 61.7 Å². The predicted octanol–water partition coefficient (Wildman–Crippen LogP) is 4.79. The van der Waals surface area contributed by atoms with Gasteiger partial charge in [0.05, 0.1) is 5.39 Å². The van der Waals surface area contributed by atoms with Gasteiger partial charge in [-0.25, -0.2) is 14.4 Å². The molecule has 1 saturated heterocycles. The number of benzene rings is 2. The molecule has 1 aliphatic heterocycles. The zero-order valence-electron chi connectivity index (χ0n) is 21.8. The van der Waals surface area contributed by atoms with Gasteiger partial charge in [-0.15, -0.1) is 0 Å². The number of nitrogen functional groups attached to an aromatic ring is 1. The van der Waals surface area contributed by atoms with Crippen LogP contribution in [0, 0.1) is 5.82 Å². The van der Waals surface area contributed by atoms with Gasteiger partial charge in [-0.1, -0.05) is 24.3 Å². The highest BCUT2D eigenvalue weighted by molar-refractivity contribution is 6.05. The summed E-state index contributed by atoms with van der Waals surface area (Å²) in [5, 5.41) is 3.62. The normalized spacial score (nSPS) is 13.9. The summed E-state index contributed by atoms with van der Waals surface area (Å²) in [6, 6.07) is 13.1. The van der Waals surface area contributed by atoms with Crippen LogP contribution in [0.25, 0.3) is 33.3 Å². The minimum Gasteiger partial charge on any atom is -0.383 e. The fourth-order valence-electron chi connectivity index (χ4n) is 5.17. The number of nitrogens with two attached hydrogens (primary N) is 1. The van der Waals surface area contributed by atoms with Gasteiger partial charge in [-0.05, 0) is 48.2 Å². The molecule has 6 rings (SSSR count). The molecule has 9 nitrogen and oxygen atoms in total. The van der Waals surface area contributed by atoms with E-state index in [9.17, 15) is 14.0 Å². The summed E-state index contributed by atoms with van der Waals surface area (Å²) in [6.07, 6.45) is 8.24. The molecular formula is C30H27FN6O3. The minimum atomic E-state index is -0.523. The second kappa shape index (κ2) is 10.4. The van der Waals surface area contributed by atoms with E-state index in [0.717, 1.165) is 35.0 Å². The first-order chi connectivity index (χ1) is 19.4. The Bertz CT molecular complexity index is 1770. The number of fused-ring (bicyclic) bond motifs is 1. The Kier molecular flexibility index (Phi) is 6.61. The standard InChI is InChI=1S/C30H27FN6O3/c1-36-14-23(26-28(32)33-17-34-29(26)36)18-4-8-21(9-5-18)35-30(39)25-16-37(22-10-12-40-13-11-22)15-24(27(25)38)19-2-6-20(31)7-3-19/h2-9,14-17,22H,10-13H2,1H3,(H,35,39)(H2,32,33,34). The summed E-state index contributed by atoms with van der Waals surface area (Å²) in [5.74, 6) is -0.533. The minimum absolute atomic E-state index is 0.0105. The van der Waals surface area contributed by atoms with Gasteiger partial charge in [0.2, 0.25) is 5.43 Å². The molecule has 0 saturated carbocycles. The average Bonchev–Trinajstić information content (AvgIpc) is 3.32. The van der Waals surface area contributed by atoms with Gasteiger partial charge in [-0.3, -0.25) is 9.59 Å². The van der Waals surface area contributed by atoms with Crippen molar-refractivity contribution in [3.05, 3.63) is 95.1 Å². The summed E-state index contributed by atoms with van der Waals surface area (Å²) >= 11 is 0. The molecular weight excluding hydrogens is 511 g/mol. The van der Waals surface area contributed by atoms with Crippen LogP contribution in [0.3, 0.4) is 0 Å². The molecule has 40 heavy (non-hydrogen) atoms. The van der Waals surface area contributed by atoms with E-state index in [2.05, 4.69) is 15.3 Å². The van der Waals surface area contributed by atoms with E-state index in [-0.39, 0.29) is 11.6 Å². The number of pyridine rings is 1. The van der Waals surface area contributed by atoms with E-state index in [1.807, 2.05) is 34.5 Å². The summed E-state index contributed by atoms with van der Waals surface area (Å²) < 4.78 is 22.9. The first-order valence-electron chi connectivity index (χ1n) is 13.0. The number of anilines is 2. The lowest BCUT2D eigenvalue weighted by molar-refractivity contribution is 0.0694. The van der Waals surface area contributed by atoms with Crippen molar-refractivity contribution in [2.45, 2.75) is 18.9 Å².